The average molecular weight is 239 g/mol. The molecule has 0 aromatic heterocycles. The van der Waals surface area contributed by atoms with Gasteiger partial charge < -0.3 is 5.11 Å². The molecule has 17 heavy (non-hydrogen) atoms. The molecule has 1 heterocycles. The number of hydrogen-bond donors (Lipinski definition) is 1. The maximum absolute atomic E-state index is 11.2. The van der Waals surface area contributed by atoms with Crippen LogP contribution < -0.4 is 0 Å². The van der Waals surface area contributed by atoms with E-state index in [2.05, 4.69) is 18.7 Å². The molecule has 1 atom stereocenters. The molecule has 1 aliphatic heterocycles. The van der Waals surface area contributed by atoms with E-state index in [-0.39, 0.29) is 5.54 Å². The monoisotopic (exact) mass is 239 g/mol. The molecule has 98 valence electrons. The number of aliphatic carboxylic acids is 1. The molecule has 3 nitrogen and oxygen atoms in total. The van der Waals surface area contributed by atoms with Crippen LogP contribution in [0.5, 0.6) is 0 Å². The van der Waals surface area contributed by atoms with Gasteiger partial charge in [-0.25, -0.2) is 0 Å². The summed E-state index contributed by atoms with van der Waals surface area (Å²) in [6, 6.07) is 0. The third-order valence-corrected chi connectivity index (χ3v) is 4.56. The number of rotatable bonds is 3. The van der Waals surface area contributed by atoms with Gasteiger partial charge in [-0.1, -0.05) is 20.3 Å². The van der Waals surface area contributed by atoms with Crippen molar-refractivity contribution in [2.24, 2.45) is 5.41 Å². The van der Waals surface area contributed by atoms with E-state index >= 15 is 0 Å². The first-order chi connectivity index (χ1) is 7.94. The van der Waals surface area contributed by atoms with E-state index < -0.39 is 5.97 Å². The van der Waals surface area contributed by atoms with Gasteiger partial charge >= 0.3 is 5.97 Å². The quantitative estimate of drug-likeness (QED) is 0.823. The number of likely N-dealkylation sites (tertiary alicyclic amines) is 1. The molecule has 1 saturated carbocycles. The Morgan fingerprint density at radius 2 is 1.82 bits per heavy atom. The first-order valence-electron chi connectivity index (χ1n) is 6.91. The minimum atomic E-state index is -0.630. The highest BCUT2D eigenvalue weighted by atomic mass is 16.4. The SMILES string of the molecule is CC1(C)CCCC(CC(=O)O)(N2CCCC2)C1. The van der Waals surface area contributed by atoms with Crippen LogP contribution in [0.25, 0.3) is 0 Å². The molecule has 0 spiro atoms. The fourth-order valence-electron chi connectivity index (χ4n) is 3.97. The Bertz CT molecular complexity index is 295. The van der Waals surface area contributed by atoms with Crippen molar-refractivity contribution >= 4 is 5.97 Å². The van der Waals surface area contributed by atoms with Crippen molar-refractivity contribution in [3.8, 4) is 0 Å². The molecule has 0 amide bonds. The zero-order chi connectivity index (χ0) is 12.5. The lowest BCUT2D eigenvalue weighted by molar-refractivity contribution is -0.142. The first kappa shape index (κ1) is 12.9. The maximum atomic E-state index is 11.2. The van der Waals surface area contributed by atoms with Crippen LogP contribution in [0.2, 0.25) is 0 Å². The summed E-state index contributed by atoms with van der Waals surface area (Å²) < 4.78 is 0. The van der Waals surface area contributed by atoms with Crippen LogP contribution in [0, 0.1) is 5.41 Å². The van der Waals surface area contributed by atoms with Crippen molar-refractivity contribution in [3.63, 3.8) is 0 Å². The Kier molecular flexibility index (Phi) is 3.48. The van der Waals surface area contributed by atoms with Crippen LogP contribution in [0.4, 0.5) is 0 Å². The van der Waals surface area contributed by atoms with Crippen LogP contribution in [-0.2, 0) is 4.79 Å². The first-order valence-corrected chi connectivity index (χ1v) is 6.91. The predicted octanol–water partition coefficient (Wildman–Crippen LogP) is 2.90. The Labute approximate surface area is 104 Å². The lowest BCUT2D eigenvalue weighted by atomic mass is 9.66. The lowest BCUT2D eigenvalue weighted by Crippen LogP contribution is -2.53. The smallest absolute Gasteiger partial charge is 0.305 e. The zero-order valence-corrected chi connectivity index (χ0v) is 11.2. The minimum Gasteiger partial charge on any atom is -0.481 e. The Morgan fingerprint density at radius 3 is 2.35 bits per heavy atom. The van der Waals surface area contributed by atoms with Crippen molar-refractivity contribution < 1.29 is 9.90 Å². The molecule has 0 radical (unpaired) electrons. The molecular formula is C14H25NO2. The van der Waals surface area contributed by atoms with Gasteiger partial charge in [-0.05, 0) is 50.6 Å². The van der Waals surface area contributed by atoms with Crippen molar-refractivity contribution in [3.05, 3.63) is 0 Å². The van der Waals surface area contributed by atoms with Crippen LogP contribution >= 0.6 is 0 Å². The van der Waals surface area contributed by atoms with E-state index in [0.717, 1.165) is 25.9 Å². The summed E-state index contributed by atoms with van der Waals surface area (Å²) >= 11 is 0. The van der Waals surface area contributed by atoms with Crippen LogP contribution in [0.15, 0.2) is 0 Å². The summed E-state index contributed by atoms with van der Waals surface area (Å²) in [6.07, 6.45) is 7.34. The summed E-state index contributed by atoms with van der Waals surface area (Å²) in [4.78, 5) is 13.7. The fourth-order valence-corrected chi connectivity index (χ4v) is 3.97. The summed E-state index contributed by atoms with van der Waals surface area (Å²) in [5.74, 6) is -0.630. The zero-order valence-electron chi connectivity index (χ0n) is 11.2. The third-order valence-electron chi connectivity index (χ3n) is 4.56. The van der Waals surface area contributed by atoms with Crippen LogP contribution in [0.1, 0.15) is 58.8 Å². The molecular weight excluding hydrogens is 214 g/mol. The van der Waals surface area contributed by atoms with E-state index in [0.29, 0.717) is 11.8 Å². The molecule has 2 aliphatic rings. The van der Waals surface area contributed by atoms with Gasteiger partial charge in [0, 0.05) is 5.54 Å². The van der Waals surface area contributed by atoms with Gasteiger partial charge in [-0.15, -0.1) is 0 Å². The topological polar surface area (TPSA) is 40.5 Å². The molecule has 3 heteroatoms. The standard InChI is InChI=1S/C14H25NO2/c1-13(2)6-5-7-14(11-13,10-12(16)17)15-8-3-4-9-15/h3-11H2,1-2H3,(H,16,17). The summed E-state index contributed by atoms with van der Waals surface area (Å²) in [5.41, 5.74) is 0.250. The van der Waals surface area contributed by atoms with Gasteiger partial charge in [0.1, 0.15) is 0 Å². The van der Waals surface area contributed by atoms with Gasteiger partial charge in [0.15, 0.2) is 0 Å². The van der Waals surface area contributed by atoms with Crippen molar-refractivity contribution in [1.29, 1.82) is 0 Å². The van der Waals surface area contributed by atoms with E-state index in [1.807, 2.05) is 0 Å². The second-order valence-electron chi connectivity index (χ2n) is 6.68. The van der Waals surface area contributed by atoms with Crippen molar-refractivity contribution in [2.75, 3.05) is 13.1 Å². The van der Waals surface area contributed by atoms with E-state index in [9.17, 15) is 9.90 Å². The van der Waals surface area contributed by atoms with Gasteiger partial charge in [0.2, 0.25) is 0 Å². The van der Waals surface area contributed by atoms with E-state index in [1.165, 1.54) is 25.7 Å². The second kappa shape index (κ2) is 4.60. The number of hydrogen-bond acceptors (Lipinski definition) is 2. The highest BCUT2D eigenvalue weighted by Gasteiger charge is 2.45. The number of carboxylic acids is 1. The maximum Gasteiger partial charge on any atom is 0.305 e. The van der Waals surface area contributed by atoms with Gasteiger partial charge in [-0.3, -0.25) is 9.69 Å². The van der Waals surface area contributed by atoms with Crippen LogP contribution in [-0.4, -0.2) is 34.6 Å². The number of carboxylic acid groups (broad SMARTS) is 1. The molecule has 0 aromatic rings. The molecule has 0 bridgehead atoms. The predicted molar refractivity (Wildman–Crippen MR) is 68.0 cm³/mol. The highest BCUT2D eigenvalue weighted by molar-refractivity contribution is 5.68. The summed E-state index contributed by atoms with van der Waals surface area (Å²) in [7, 11) is 0. The molecule has 0 aromatic carbocycles. The van der Waals surface area contributed by atoms with Crippen LogP contribution in [0.3, 0.4) is 0 Å². The average Bonchev–Trinajstić information content (AvgIpc) is 2.67. The number of nitrogens with zero attached hydrogens (tertiary/aromatic N) is 1. The second-order valence-corrected chi connectivity index (χ2v) is 6.68. The van der Waals surface area contributed by atoms with Crippen molar-refractivity contribution in [1.82, 2.24) is 4.90 Å². The largest absolute Gasteiger partial charge is 0.481 e. The van der Waals surface area contributed by atoms with E-state index in [1.54, 1.807) is 0 Å². The minimum absolute atomic E-state index is 0.0515. The molecule has 2 rings (SSSR count). The molecule has 2 fully saturated rings. The highest BCUT2D eigenvalue weighted by Crippen LogP contribution is 2.46. The summed E-state index contributed by atoms with van der Waals surface area (Å²) in [6.45, 7) is 6.78. The third kappa shape index (κ3) is 2.82. The Hall–Kier alpha value is -0.570. The lowest BCUT2D eigenvalue weighted by Gasteiger charge is -2.49. The van der Waals surface area contributed by atoms with Gasteiger partial charge in [0.05, 0.1) is 6.42 Å². The normalized spacial score (nSPS) is 33.8. The van der Waals surface area contributed by atoms with Crippen molar-refractivity contribution in [2.45, 2.75) is 64.3 Å². The summed E-state index contributed by atoms with van der Waals surface area (Å²) in [5, 5.41) is 9.23. The molecule has 1 saturated heterocycles. The molecule has 1 unspecified atom stereocenters. The molecule has 1 N–H and O–H groups in total. The van der Waals surface area contributed by atoms with E-state index in [4.69, 9.17) is 0 Å². The Morgan fingerprint density at radius 1 is 1.18 bits per heavy atom. The van der Waals surface area contributed by atoms with Gasteiger partial charge in [-0.2, -0.15) is 0 Å². The Balaban J connectivity index is 2.19. The van der Waals surface area contributed by atoms with Gasteiger partial charge in [0.25, 0.3) is 0 Å². The molecule has 1 aliphatic carbocycles. The fraction of sp³-hybridized carbons (Fsp3) is 0.929. The number of carbonyl (C=O) groups is 1.